The molecule has 1 aliphatic rings. The Balaban J connectivity index is 1.52. The first kappa shape index (κ1) is 11.5. The third kappa shape index (κ3) is 2.79. The van der Waals surface area contributed by atoms with E-state index >= 15 is 0 Å². The lowest BCUT2D eigenvalue weighted by molar-refractivity contribution is 0.489. The molecule has 1 fully saturated rings. The van der Waals surface area contributed by atoms with Gasteiger partial charge < -0.3 is 14.2 Å². The highest BCUT2D eigenvalue weighted by Gasteiger charge is 2.19. The molecule has 5 nitrogen and oxygen atoms in total. The molecule has 1 saturated carbocycles. The number of aryl methyl sites for hydroxylation is 2. The van der Waals surface area contributed by atoms with Gasteiger partial charge >= 0.3 is 0 Å². The van der Waals surface area contributed by atoms with E-state index in [1.54, 1.807) is 6.26 Å². The average molecular weight is 247 g/mol. The van der Waals surface area contributed by atoms with Crippen LogP contribution in [0.5, 0.6) is 0 Å². The minimum absolute atomic E-state index is 0.539. The fraction of sp³-hybridized carbons (Fsp3) is 0.538. The molecule has 0 aliphatic heterocycles. The lowest BCUT2D eigenvalue weighted by atomic mass is 10.3. The summed E-state index contributed by atoms with van der Waals surface area (Å²) in [5, 5.41) is 11.5. The first-order valence-electron chi connectivity index (χ1n) is 6.42. The number of furan rings is 1. The normalized spacial score (nSPS) is 15.2. The monoisotopic (exact) mass is 247 g/mol. The summed E-state index contributed by atoms with van der Waals surface area (Å²) in [6, 6.07) is 2.66. The molecule has 0 radical (unpaired) electrons. The minimum Gasteiger partial charge on any atom is -0.469 e. The summed E-state index contributed by atoms with van der Waals surface area (Å²) < 4.78 is 10.8. The van der Waals surface area contributed by atoms with Crippen LogP contribution in [0, 0.1) is 6.92 Å². The number of aromatic nitrogens is 2. The topological polar surface area (TPSA) is 64.1 Å². The van der Waals surface area contributed by atoms with E-state index in [2.05, 4.69) is 15.5 Å². The summed E-state index contributed by atoms with van der Waals surface area (Å²) in [5.74, 6) is 2.08. The highest BCUT2D eigenvalue weighted by Crippen LogP contribution is 2.21. The summed E-state index contributed by atoms with van der Waals surface area (Å²) in [5.41, 5.74) is 0.849. The second-order valence-electron chi connectivity index (χ2n) is 4.78. The molecule has 0 bridgehead atoms. The Kier molecular flexibility index (Phi) is 3.15. The molecule has 0 saturated heterocycles. The first-order chi connectivity index (χ1) is 8.81. The van der Waals surface area contributed by atoms with Crippen LogP contribution in [0.25, 0.3) is 11.5 Å². The van der Waals surface area contributed by atoms with Crippen molar-refractivity contribution in [2.75, 3.05) is 6.54 Å². The molecule has 1 aliphatic carbocycles. The molecule has 0 amide bonds. The van der Waals surface area contributed by atoms with Gasteiger partial charge in [-0.1, -0.05) is 0 Å². The summed E-state index contributed by atoms with van der Waals surface area (Å²) in [7, 11) is 0. The largest absolute Gasteiger partial charge is 0.469 e. The fourth-order valence-electron chi connectivity index (χ4n) is 1.86. The van der Waals surface area contributed by atoms with Crippen LogP contribution in [0.3, 0.4) is 0 Å². The van der Waals surface area contributed by atoms with E-state index in [0.29, 0.717) is 11.8 Å². The minimum atomic E-state index is 0.539. The van der Waals surface area contributed by atoms with E-state index in [1.807, 2.05) is 13.0 Å². The third-order valence-electron chi connectivity index (χ3n) is 3.02. The van der Waals surface area contributed by atoms with Crippen LogP contribution in [0.1, 0.15) is 30.9 Å². The van der Waals surface area contributed by atoms with Gasteiger partial charge in [-0.15, -0.1) is 10.2 Å². The van der Waals surface area contributed by atoms with Gasteiger partial charge in [0.05, 0.1) is 5.56 Å². The van der Waals surface area contributed by atoms with Gasteiger partial charge in [-0.25, -0.2) is 0 Å². The summed E-state index contributed by atoms with van der Waals surface area (Å²) in [6.45, 7) is 2.91. The maximum Gasteiger partial charge on any atom is 0.250 e. The van der Waals surface area contributed by atoms with Gasteiger partial charge in [0.2, 0.25) is 5.89 Å². The standard InChI is InChI=1S/C13H17N3O2/c1-9-7-10(8-17-9)13-16-15-12(18-13)3-2-6-14-11-4-5-11/h7-8,11,14H,2-6H2,1H3. The molecule has 96 valence electrons. The second kappa shape index (κ2) is 4.94. The van der Waals surface area contributed by atoms with Gasteiger partial charge in [0.1, 0.15) is 12.0 Å². The van der Waals surface area contributed by atoms with Crippen molar-refractivity contribution in [2.45, 2.75) is 38.6 Å². The highest BCUT2D eigenvalue weighted by atomic mass is 16.4. The molecule has 0 aromatic carbocycles. The molecule has 2 aromatic heterocycles. The quantitative estimate of drug-likeness (QED) is 0.794. The first-order valence-corrected chi connectivity index (χ1v) is 6.42. The van der Waals surface area contributed by atoms with Gasteiger partial charge in [0.25, 0.3) is 5.89 Å². The molecule has 0 unspecified atom stereocenters. The molecule has 0 atom stereocenters. The molecule has 0 spiro atoms. The second-order valence-corrected chi connectivity index (χ2v) is 4.78. The predicted molar refractivity (Wildman–Crippen MR) is 66.1 cm³/mol. The predicted octanol–water partition coefficient (Wildman–Crippen LogP) is 2.32. The van der Waals surface area contributed by atoms with Crippen molar-refractivity contribution in [3.05, 3.63) is 24.0 Å². The van der Waals surface area contributed by atoms with Crippen molar-refractivity contribution in [1.82, 2.24) is 15.5 Å². The van der Waals surface area contributed by atoms with Crippen LogP contribution in [-0.2, 0) is 6.42 Å². The smallest absolute Gasteiger partial charge is 0.250 e. The van der Waals surface area contributed by atoms with Gasteiger partial charge in [-0.3, -0.25) is 0 Å². The van der Waals surface area contributed by atoms with Crippen molar-refractivity contribution in [3.8, 4) is 11.5 Å². The van der Waals surface area contributed by atoms with E-state index in [9.17, 15) is 0 Å². The molecule has 18 heavy (non-hydrogen) atoms. The van der Waals surface area contributed by atoms with Crippen LogP contribution >= 0.6 is 0 Å². The fourth-order valence-corrected chi connectivity index (χ4v) is 1.86. The van der Waals surface area contributed by atoms with Gasteiger partial charge in [-0.05, 0) is 38.8 Å². The van der Waals surface area contributed by atoms with Crippen molar-refractivity contribution < 1.29 is 8.83 Å². The van der Waals surface area contributed by atoms with E-state index in [0.717, 1.165) is 36.8 Å². The van der Waals surface area contributed by atoms with Crippen LogP contribution in [-0.4, -0.2) is 22.8 Å². The number of hydrogen-bond donors (Lipinski definition) is 1. The number of nitrogens with zero attached hydrogens (tertiary/aromatic N) is 2. The third-order valence-corrected chi connectivity index (χ3v) is 3.02. The average Bonchev–Trinajstić information content (AvgIpc) is 2.88. The zero-order valence-corrected chi connectivity index (χ0v) is 10.5. The lowest BCUT2D eigenvalue weighted by Gasteiger charge is -1.99. The number of rotatable bonds is 6. The molecule has 3 rings (SSSR count). The zero-order chi connectivity index (χ0) is 12.4. The molecular formula is C13H17N3O2. The Labute approximate surface area is 106 Å². The van der Waals surface area contributed by atoms with E-state index < -0.39 is 0 Å². The van der Waals surface area contributed by atoms with Gasteiger partial charge in [-0.2, -0.15) is 0 Å². The Morgan fingerprint density at radius 1 is 1.39 bits per heavy atom. The molecular weight excluding hydrogens is 230 g/mol. The van der Waals surface area contributed by atoms with E-state index in [-0.39, 0.29) is 0 Å². The Morgan fingerprint density at radius 2 is 2.28 bits per heavy atom. The summed E-state index contributed by atoms with van der Waals surface area (Å²) in [4.78, 5) is 0. The Bertz CT molecular complexity index is 514. The van der Waals surface area contributed by atoms with Crippen LogP contribution < -0.4 is 5.32 Å². The maximum absolute atomic E-state index is 5.60. The lowest BCUT2D eigenvalue weighted by Crippen LogP contribution is -2.17. The summed E-state index contributed by atoms with van der Waals surface area (Å²) in [6.07, 6.45) is 6.14. The Hall–Kier alpha value is -1.62. The van der Waals surface area contributed by atoms with Crippen molar-refractivity contribution >= 4 is 0 Å². The van der Waals surface area contributed by atoms with Crippen LogP contribution in [0.4, 0.5) is 0 Å². The number of hydrogen-bond acceptors (Lipinski definition) is 5. The summed E-state index contributed by atoms with van der Waals surface area (Å²) >= 11 is 0. The molecule has 2 heterocycles. The SMILES string of the molecule is Cc1cc(-c2nnc(CCCNC3CC3)o2)co1. The van der Waals surface area contributed by atoms with Crippen LogP contribution in [0.2, 0.25) is 0 Å². The maximum atomic E-state index is 5.60. The van der Waals surface area contributed by atoms with E-state index in [4.69, 9.17) is 8.83 Å². The van der Waals surface area contributed by atoms with Crippen LogP contribution in [0.15, 0.2) is 21.2 Å². The van der Waals surface area contributed by atoms with Gasteiger partial charge in [0.15, 0.2) is 0 Å². The highest BCUT2D eigenvalue weighted by molar-refractivity contribution is 5.50. The molecule has 5 heteroatoms. The molecule has 1 N–H and O–H groups in total. The van der Waals surface area contributed by atoms with Crippen molar-refractivity contribution in [1.29, 1.82) is 0 Å². The van der Waals surface area contributed by atoms with Crippen molar-refractivity contribution in [2.24, 2.45) is 0 Å². The molecule has 2 aromatic rings. The zero-order valence-electron chi connectivity index (χ0n) is 10.5. The van der Waals surface area contributed by atoms with Crippen molar-refractivity contribution in [3.63, 3.8) is 0 Å². The Morgan fingerprint density at radius 3 is 3.00 bits per heavy atom. The van der Waals surface area contributed by atoms with Gasteiger partial charge in [0, 0.05) is 12.5 Å². The number of nitrogens with one attached hydrogen (secondary N) is 1. The van der Waals surface area contributed by atoms with E-state index in [1.165, 1.54) is 12.8 Å².